The third kappa shape index (κ3) is 4.46. The molecule has 0 aliphatic carbocycles. The van der Waals surface area contributed by atoms with E-state index in [0.717, 1.165) is 0 Å². The molecule has 0 saturated heterocycles. The van der Waals surface area contributed by atoms with E-state index >= 15 is 0 Å². The minimum atomic E-state index is -0.729. The number of hydrogen-bond acceptors (Lipinski definition) is 4. The van der Waals surface area contributed by atoms with Crippen LogP contribution in [0.2, 0.25) is 0 Å². The van der Waals surface area contributed by atoms with Crippen molar-refractivity contribution in [1.82, 2.24) is 5.32 Å². The van der Waals surface area contributed by atoms with Crippen LogP contribution in [0.15, 0.2) is 18.2 Å². The van der Waals surface area contributed by atoms with Crippen LogP contribution in [0.3, 0.4) is 0 Å². The summed E-state index contributed by atoms with van der Waals surface area (Å²) in [6, 6.07) is 4.86. The summed E-state index contributed by atoms with van der Waals surface area (Å²) in [5.41, 5.74) is -0.0110. The summed E-state index contributed by atoms with van der Waals surface area (Å²) in [5.74, 6) is -0.398. The number of nitrogens with one attached hydrogen (secondary N) is 2. The molecule has 0 aliphatic rings. The van der Waals surface area contributed by atoms with Crippen LogP contribution in [-0.4, -0.2) is 31.6 Å². The molecule has 0 unspecified atom stereocenters. The van der Waals surface area contributed by atoms with Gasteiger partial charge in [-0.1, -0.05) is 0 Å². The van der Waals surface area contributed by atoms with Gasteiger partial charge in [-0.25, -0.2) is 0 Å². The van der Waals surface area contributed by atoms with E-state index in [0.29, 0.717) is 17.2 Å². The normalized spacial score (nSPS) is 10.7. The summed E-state index contributed by atoms with van der Waals surface area (Å²) in [7, 11) is 3.02. The van der Waals surface area contributed by atoms with Crippen LogP contribution in [0.4, 0.5) is 5.69 Å². The Bertz CT molecular complexity index is 506. The molecule has 6 nitrogen and oxygen atoms in total. The highest BCUT2D eigenvalue weighted by Gasteiger charge is 2.20. The molecule has 0 aromatic heterocycles. The highest BCUT2D eigenvalue weighted by molar-refractivity contribution is 6.39. The molecular weight excluding hydrogens is 260 g/mol. The standard InChI is InChI=1S/C14H20N2O4/c1-14(2,3)16-13(18)12(17)15-9-6-7-10(19-4)11(8-9)20-5/h6-8H,1-5H3,(H,15,17)(H,16,18). The molecule has 20 heavy (non-hydrogen) atoms. The Hall–Kier alpha value is -2.24. The zero-order chi connectivity index (χ0) is 15.3. The number of hydrogen-bond donors (Lipinski definition) is 2. The van der Waals surface area contributed by atoms with E-state index in [2.05, 4.69) is 10.6 Å². The Morgan fingerprint density at radius 2 is 1.60 bits per heavy atom. The monoisotopic (exact) mass is 280 g/mol. The number of ether oxygens (including phenoxy) is 2. The van der Waals surface area contributed by atoms with Crippen LogP contribution in [0.1, 0.15) is 20.8 Å². The van der Waals surface area contributed by atoms with E-state index in [1.807, 2.05) is 0 Å². The first-order valence-electron chi connectivity index (χ1n) is 6.12. The number of amides is 2. The van der Waals surface area contributed by atoms with Crippen molar-refractivity contribution in [2.75, 3.05) is 19.5 Å². The second-order valence-corrected chi connectivity index (χ2v) is 5.23. The second-order valence-electron chi connectivity index (χ2n) is 5.23. The van der Waals surface area contributed by atoms with Crippen LogP contribution < -0.4 is 20.1 Å². The minimum absolute atomic E-state index is 0.455. The maximum atomic E-state index is 11.7. The van der Waals surface area contributed by atoms with Crippen LogP contribution in [0, 0.1) is 0 Å². The van der Waals surface area contributed by atoms with Gasteiger partial charge in [0.05, 0.1) is 14.2 Å². The molecule has 2 N–H and O–H groups in total. The third-order valence-corrected chi connectivity index (χ3v) is 2.34. The number of carbonyl (C=O) groups excluding carboxylic acids is 2. The average molecular weight is 280 g/mol. The fourth-order valence-electron chi connectivity index (χ4n) is 1.50. The summed E-state index contributed by atoms with van der Waals surface area (Å²) in [6.07, 6.45) is 0. The Kier molecular flexibility index (Phi) is 4.96. The van der Waals surface area contributed by atoms with Gasteiger partial charge in [0.25, 0.3) is 0 Å². The molecule has 110 valence electrons. The number of rotatable bonds is 3. The lowest BCUT2D eigenvalue weighted by Gasteiger charge is -2.20. The summed E-state index contributed by atoms with van der Waals surface area (Å²) < 4.78 is 10.2. The summed E-state index contributed by atoms with van der Waals surface area (Å²) in [5, 5.41) is 5.09. The van der Waals surface area contributed by atoms with E-state index in [1.54, 1.807) is 39.0 Å². The maximum Gasteiger partial charge on any atom is 0.313 e. The van der Waals surface area contributed by atoms with Crippen molar-refractivity contribution >= 4 is 17.5 Å². The van der Waals surface area contributed by atoms with Crippen LogP contribution in [-0.2, 0) is 9.59 Å². The van der Waals surface area contributed by atoms with Gasteiger partial charge in [-0.3, -0.25) is 9.59 Å². The Morgan fingerprint density at radius 3 is 2.10 bits per heavy atom. The minimum Gasteiger partial charge on any atom is -0.493 e. The predicted molar refractivity (Wildman–Crippen MR) is 76.1 cm³/mol. The van der Waals surface area contributed by atoms with Gasteiger partial charge in [0.15, 0.2) is 11.5 Å². The van der Waals surface area contributed by atoms with Gasteiger partial charge in [0, 0.05) is 17.3 Å². The molecule has 0 radical (unpaired) electrons. The molecule has 0 aliphatic heterocycles. The zero-order valence-electron chi connectivity index (χ0n) is 12.4. The van der Waals surface area contributed by atoms with Gasteiger partial charge >= 0.3 is 11.8 Å². The van der Waals surface area contributed by atoms with Crippen molar-refractivity contribution < 1.29 is 19.1 Å². The topological polar surface area (TPSA) is 76.7 Å². The van der Waals surface area contributed by atoms with Crippen LogP contribution in [0.25, 0.3) is 0 Å². The molecule has 0 bridgehead atoms. The van der Waals surface area contributed by atoms with Gasteiger partial charge in [-0.15, -0.1) is 0 Å². The first-order chi connectivity index (χ1) is 9.26. The fourth-order valence-corrected chi connectivity index (χ4v) is 1.50. The Morgan fingerprint density at radius 1 is 1.00 bits per heavy atom. The van der Waals surface area contributed by atoms with Crippen molar-refractivity contribution in [1.29, 1.82) is 0 Å². The van der Waals surface area contributed by atoms with Gasteiger partial charge in [0.1, 0.15) is 0 Å². The van der Waals surface area contributed by atoms with Gasteiger partial charge in [-0.2, -0.15) is 0 Å². The third-order valence-electron chi connectivity index (χ3n) is 2.34. The highest BCUT2D eigenvalue weighted by atomic mass is 16.5. The number of benzene rings is 1. The van der Waals surface area contributed by atoms with Crippen LogP contribution in [0.5, 0.6) is 11.5 Å². The molecule has 0 fully saturated rings. The smallest absolute Gasteiger partial charge is 0.313 e. The van der Waals surface area contributed by atoms with Crippen molar-refractivity contribution in [3.63, 3.8) is 0 Å². The van der Waals surface area contributed by atoms with Crippen molar-refractivity contribution in [3.8, 4) is 11.5 Å². The fraction of sp³-hybridized carbons (Fsp3) is 0.429. The first-order valence-corrected chi connectivity index (χ1v) is 6.12. The summed E-state index contributed by atoms with van der Waals surface area (Å²) in [4.78, 5) is 23.4. The predicted octanol–water partition coefficient (Wildman–Crippen LogP) is 1.56. The van der Waals surface area contributed by atoms with E-state index in [1.165, 1.54) is 14.2 Å². The summed E-state index contributed by atoms with van der Waals surface area (Å²) in [6.45, 7) is 5.40. The molecule has 1 rings (SSSR count). The summed E-state index contributed by atoms with van der Waals surface area (Å²) >= 11 is 0. The molecular formula is C14H20N2O4. The Balaban J connectivity index is 2.78. The van der Waals surface area contributed by atoms with Gasteiger partial charge < -0.3 is 20.1 Å². The molecule has 0 heterocycles. The van der Waals surface area contributed by atoms with E-state index in [9.17, 15) is 9.59 Å². The molecule has 0 spiro atoms. The van der Waals surface area contributed by atoms with Gasteiger partial charge in [0.2, 0.25) is 0 Å². The Labute approximate surface area is 118 Å². The van der Waals surface area contributed by atoms with E-state index < -0.39 is 17.4 Å². The van der Waals surface area contributed by atoms with Crippen LogP contribution >= 0.6 is 0 Å². The van der Waals surface area contributed by atoms with Gasteiger partial charge in [-0.05, 0) is 32.9 Å². The van der Waals surface area contributed by atoms with Crippen molar-refractivity contribution in [2.24, 2.45) is 0 Å². The lowest BCUT2D eigenvalue weighted by atomic mass is 10.1. The molecule has 1 aromatic rings. The highest BCUT2D eigenvalue weighted by Crippen LogP contribution is 2.29. The number of carbonyl (C=O) groups is 2. The quantitative estimate of drug-likeness (QED) is 0.824. The second kappa shape index (κ2) is 6.27. The largest absolute Gasteiger partial charge is 0.493 e. The van der Waals surface area contributed by atoms with E-state index in [4.69, 9.17) is 9.47 Å². The molecule has 1 aromatic carbocycles. The maximum absolute atomic E-state index is 11.7. The van der Waals surface area contributed by atoms with Crippen molar-refractivity contribution in [2.45, 2.75) is 26.3 Å². The van der Waals surface area contributed by atoms with E-state index in [-0.39, 0.29) is 0 Å². The zero-order valence-corrected chi connectivity index (χ0v) is 12.4. The lowest BCUT2D eigenvalue weighted by Crippen LogP contribution is -2.46. The number of anilines is 1. The van der Waals surface area contributed by atoms with Crippen molar-refractivity contribution in [3.05, 3.63) is 18.2 Å². The molecule has 6 heteroatoms. The SMILES string of the molecule is COc1ccc(NC(=O)C(=O)NC(C)(C)C)cc1OC. The lowest BCUT2D eigenvalue weighted by molar-refractivity contribution is -0.137. The molecule has 0 saturated carbocycles. The number of methoxy groups -OCH3 is 2. The first kappa shape index (κ1) is 15.8. The average Bonchev–Trinajstić information content (AvgIpc) is 2.36. The molecule has 2 amide bonds. The molecule has 0 atom stereocenters.